The maximum Gasteiger partial charge on any atom is 0.320 e. The number of aryl methyl sites for hydroxylation is 1. The molecule has 5 nitrogen and oxygen atoms in total. The summed E-state index contributed by atoms with van der Waals surface area (Å²) in [6.07, 6.45) is 2.37. The van der Waals surface area contributed by atoms with Gasteiger partial charge < -0.3 is 10.4 Å². The normalized spacial score (nSPS) is 23.0. The second-order valence-electron chi connectivity index (χ2n) is 5.12. The zero-order valence-electron chi connectivity index (χ0n) is 10.8. The molecular weight excluding hydrogens is 242 g/mol. The van der Waals surface area contributed by atoms with E-state index in [4.69, 9.17) is 5.11 Å². The predicted octanol–water partition coefficient (Wildman–Crippen LogP) is 1.32. The van der Waals surface area contributed by atoms with Gasteiger partial charge in [-0.3, -0.25) is 9.48 Å². The van der Waals surface area contributed by atoms with Crippen LogP contribution in [0, 0.1) is 0 Å². The minimum atomic E-state index is -0.756. The Morgan fingerprint density at radius 2 is 2.26 bits per heavy atom. The number of aromatic nitrogens is 2. The summed E-state index contributed by atoms with van der Waals surface area (Å²) in [5.74, 6) is -0.756. The molecule has 2 unspecified atom stereocenters. The number of benzene rings is 1. The van der Waals surface area contributed by atoms with Gasteiger partial charge >= 0.3 is 5.97 Å². The van der Waals surface area contributed by atoms with Crippen molar-refractivity contribution in [2.75, 3.05) is 0 Å². The maximum atomic E-state index is 10.9. The number of nitrogens with zero attached hydrogens (tertiary/aromatic N) is 2. The Bertz CT molecular complexity index is 620. The summed E-state index contributed by atoms with van der Waals surface area (Å²) in [4.78, 5) is 10.9. The Hall–Kier alpha value is -1.88. The molecule has 1 aromatic heterocycles. The summed E-state index contributed by atoms with van der Waals surface area (Å²) < 4.78 is 1.88. The third kappa shape index (κ3) is 2.21. The molecule has 1 fully saturated rings. The molecule has 1 aliphatic heterocycles. The van der Waals surface area contributed by atoms with Gasteiger partial charge in [-0.15, -0.1) is 0 Å². The molecule has 19 heavy (non-hydrogen) atoms. The summed E-state index contributed by atoms with van der Waals surface area (Å²) >= 11 is 0. The predicted molar refractivity (Wildman–Crippen MR) is 72.0 cm³/mol. The van der Waals surface area contributed by atoms with Gasteiger partial charge in [0.25, 0.3) is 0 Å². The molecule has 0 bridgehead atoms. The average molecular weight is 259 g/mol. The number of hydrogen-bond donors (Lipinski definition) is 2. The number of aliphatic carboxylic acids is 1. The van der Waals surface area contributed by atoms with E-state index in [0.717, 1.165) is 29.4 Å². The molecule has 2 heterocycles. The highest BCUT2D eigenvalue weighted by Gasteiger charge is 2.29. The highest BCUT2D eigenvalue weighted by molar-refractivity contribution is 5.82. The van der Waals surface area contributed by atoms with E-state index < -0.39 is 12.0 Å². The van der Waals surface area contributed by atoms with Gasteiger partial charge in [0.1, 0.15) is 6.04 Å². The van der Waals surface area contributed by atoms with Crippen LogP contribution >= 0.6 is 0 Å². The Labute approximate surface area is 111 Å². The van der Waals surface area contributed by atoms with Crippen LogP contribution in [0.5, 0.6) is 0 Å². The van der Waals surface area contributed by atoms with Crippen molar-refractivity contribution >= 4 is 16.9 Å². The van der Waals surface area contributed by atoms with Crippen LogP contribution in [-0.4, -0.2) is 32.9 Å². The van der Waals surface area contributed by atoms with Crippen molar-refractivity contribution in [3.05, 3.63) is 30.0 Å². The summed E-state index contributed by atoms with van der Waals surface area (Å²) in [5.41, 5.74) is 2.16. The third-order valence-corrected chi connectivity index (χ3v) is 3.81. The van der Waals surface area contributed by atoms with Crippen LogP contribution < -0.4 is 5.32 Å². The van der Waals surface area contributed by atoms with Gasteiger partial charge in [-0.2, -0.15) is 5.10 Å². The number of hydrogen-bond acceptors (Lipinski definition) is 3. The Morgan fingerprint density at radius 1 is 1.47 bits per heavy atom. The molecule has 1 aromatic carbocycles. The molecule has 1 aliphatic rings. The van der Waals surface area contributed by atoms with Gasteiger partial charge in [-0.1, -0.05) is 18.2 Å². The number of carbonyl (C=O) groups is 1. The standard InChI is InChI=1S/C14H17N3O2/c1-17-13-5-3-2-4-10(13)12(16-17)8-9-6-7-11(15-9)14(18)19/h2-5,9,11,15H,6-8H2,1H3,(H,18,19). The fraction of sp³-hybridized carbons (Fsp3) is 0.429. The van der Waals surface area contributed by atoms with Crippen LogP contribution in [0.15, 0.2) is 24.3 Å². The molecule has 0 aliphatic carbocycles. The highest BCUT2D eigenvalue weighted by Crippen LogP contribution is 2.22. The molecule has 0 radical (unpaired) electrons. The largest absolute Gasteiger partial charge is 0.480 e. The first-order valence-corrected chi connectivity index (χ1v) is 6.54. The summed E-state index contributed by atoms with van der Waals surface area (Å²) in [5, 5.41) is 17.9. The second-order valence-corrected chi connectivity index (χ2v) is 5.12. The number of rotatable bonds is 3. The van der Waals surface area contributed by atoms with Crippen LogP contribution in [0.3, 0.4) is 0 Å². The van der Waals surface area contributed by atoms with Gasteiger partial charge in [0.05, 0.1) is 11.2 Å². The van der Waals surface area contributed by atoms with Crippen molar-refractivity contribution < 1.29 is 9.90 Å². The van der Waals surface area contributed by atoms with Gasteiger partial charge in [0.15, 0.2) is 0 Å². The van der Waals surface area contributed by atoms with E-state index in [2.05, 4.69) is 16.5 Å². The molecule has 2 atom stereocenters. The summed E-state index contributed by atoms with van der Waals surface area (Å²) in [6, 6.07) is 7.94. The lowest BCUT2D eigenvalue weighted by Crippen LogP contribution is -2.36. The van der Waals surface area contributed by atoms with Crippen molar-refractivity contribution in [1.82, 2.24) is 15.1 Å². The monoisotopic (exact) mass is 259 g/mol. The quantitative estimate of drug-likeness (QED) is 0.872. The van der Waals surface area contributed by atoms with Crippen LogP contribution in [0.4, 0.5) is 0 Å². The van der Waals surface area contributed by atoms with Gasteiger partial charge in [-0.05, 0) is 18.9 Å². The molecule has 3 rings (SSSR count). The molecule has 1 saturated heterocycles. The maximum absolute atomic E-state index is 10.9. The van der Waals surface area contributed by atoms with Crippen LogP contribution in [0.25, 0.3) is 10.9 Å². The fourth-order valence-electron chi connectivity index (χ4n) is 2.85. The van der Waals surface area contributed by atoms with Crippen LogP contribution in [0.2, 0.25) is 0 Å². The first-order chi connectivity index (χ1) is 9.15. The van der Waals surface area contributed by atoms with Crippen molar-refractivity contribution in [3.8, 4) is 0 Å². The topological polar surface area (TPSA) is 67.2 Å². The smallest absolute Gasteiger partial charge is 0.320 e. The van der Waals surface area contributed by atoms with Crippen LogP contribution in [-0.2, 0) is 18.3 Å². The minimum Gasteiger partial charge on any atom is -0.480 e. The van der Waals surface area contributed by atoms with E-state index in [1.54, 1.807) is 0 Å². The minimum absolute atomic E-state index is 0.208. The lowest BCUT2D eigenvalue weighted by molar-refractivity contribution is -0.139. The van der Waals surface area contributed by atoms with E-state index in [9.17, 15) is 4.79 Å². The number of carboxylic acids is 1. The van der Waals surface area contributed by atoms with E-state index in [0.29, 0.717) is 6.42 Å². The van der Waals surface area contributed by atoms with E-state index in [1.807, 2.05) is 29.9 Å². The summed E-state index contributed by atoms with van der Waals surface area (Å²) in [7, 11) is 1.94. The Balaban J connectivity index is 1.81. The first-order valence-electron chi connectivity index (χ1n) is 6.54. The zero-order chi connectivity index (χ0) is 13.4. The number of nitrogens with one attached hydrogen (secondary N) is 1. The van der Waals surface area contributed by atoms with Gasteiger partial charge in [0, 0.05) is 24.9 Å². The molecule has 5 heteroatoms. The Morgan fingerprint density at radius 3 is 3.00 bits per heavy atom. The van der Waals surface area contributed by atoms with Crippen LogP contribution in [0.1, 0.15) is 18.5 Å². The highest BCUT2D eigenvalue weighted by atomic mass is 16.4. The number of para-hydroxylation sites is 1. The van der Waals surface area contributed by atoms with Gasteiger partial charge in [-0.25, -0.2) is 0 Å². The first kappa shape index (κ1) is 12.2. The summed E-state index contributed by atoms with van der Waals surface area (Å²) in [6.45, 7) is 0. The lowest BCUT2D eigenvalue weighted by Gasteiger charge is -2.10. The van der Waals surface area contributed by atoms with Crippen molar-refractivity contribution in [2.24, 2.45) is 7.05 Å². The lowest BCUT2D eigenvalue weighted by atomic mass is 10.1. The van der Waals surface area contributed by atoms with E-state index in [-0.39, 0.29) is 6.04 Å². The molecular formula is C14H17N3O2. The molecule has 0 spiro atoms. The van der Waals surface area contributed by atoms with E-state index >= 15 is 0 Å². The van der Waals surface area contributed by atoms with Gasteiger partial charge in [0.2, 0.25) is 0 Å². The average Bonchev–Trinajstić information content (AvgIpc) is 2.97. The SMILES string of the molecule is Cn1nc(CC2CCC(C(=O)O)N2)c2ccccc21. The molecule has 2 aromatic rings. The zero-order valence-corrected chi connectivity index (χ0v) is 10.8. The van der Waals surface area contributed by atoms with E-state index in [1.165, 1.54) is 0 Å². The molecule has 100 valence electrons. The third-order valence-electron chi connectivity index (χ3n) is 3.81. The van der Waals surface area contributed by atoms with Crippen molar-refractivity contribution in [1.29, 1.82) is 0 Å². The van der Waals surface area contributed by atoms with Crippen molar-refractivity contribution in [3.63, 3.8) is 0 Å². The Kier molecular flexibility index (Phi) is 2.98. The fourth-order valence-corrected chi connectivity index (χ4v) is 2.85. The second kappa shape index (κ2) is 4.66. The molecule has 2 N–H and O–H groups in total. The number of carboxylic acid groups (broad SMARTS) is 1. The number of fused-ring (bicyclic) bond motifs is 1. The molecule has 0 saturated carbocycles. The van der Waals surface area contributed by atoms with Crippen molar-refractivity contribution in [2.45, 2.75) is 31.3 Å². The molecule has 0 amide bonds.